The van der Waals surface area contributed by atoms with E-state index in [0.29, 0.717) is 16.5 Å². The number of nitrogens with zero attached hydrogens (tertiary/aromatic N) is 3. The molecule has 10 heteroatoms. The van der Waals surface area contributed by atoms with Crippen LogP contribution >= 0.6 is 22.9 Å². The number of carbonyl (C=O) groups is 2. The number of carbonyl (C=O) groups excluding carboxylic acids is 2. The Bertz CT molecular complexity index is 951. The molecule has 132 valence electrons. The molecule has 2 N–H and O–H groups in total. The van der Waals surface area contributed by atoms with E-state index in [1.807, 2.05) is 0 Å². The molecule has 0 fully saturated rings. The summed E-state index contributed by atoms with van der Waals surface area (Å²) in [4.78, 5) is 35.9. The van der Waals surface area contributed by atoms with E-state index in [-0.39, 0.29) is 23.0 Å². The predicted molar refractivity (Wildman–Crippen MR) is 95.8 cm³/mol. The van der Waals surface area contributed by atoms with Crippen LogP contribution in [-0.4, -0.2) is 26.8 Å². The highest BCUT2D eigenvalue weighted by molar-refractivity contribution is 7.14. The third-order valence-electron chi connectivity index (χ3n) is 3.11. The largest absolute Gasteiger partial charge is 0.326 e. The summed E-state index contributed by atoms with van der Waals surface area (Å²) < 4.78 is 13.1. The first-order chi connectivity index (χ1) is 12.5. The first-order valence-electron chi connectivity index (χ1n) is 7.28. The summed E-state index contributed by atoms with van der Waals surface area (Å²) in [5.74, 6) is -1.35. The van der Waals surface area contributed by atoms with Crippen LogP contribution in [0.1, 0.15) is 16.2 Å². The van der Waals surface area contributed by atoms with Gasteiger partial charge in [-0.15, -0.1) is 11.3 Å². The van der Waals surface area contributed by atoms with Gasteiger partial charge in [-0.05, 0) is 18.2 Å². The maximum absolute atomic E-state index is 13.1. The number of aromatic nitrogens is 3. The van der Waals surface area contributed by atoms with Crippen LogP contribution in [0.2, 0.25) is 5.02 Å². The Balaban J connectivity index is 1.58. The second-order valence-corrected chi connectivity index (χ2v) is 6.31. The first-order valence-corrected chi connectivity index (χ1v) is 8.53. The minimum atomic E-state index is -0.562. The Labute approximate surface area is 156 Å². The summed E-state index contributed by atoms with van der Waals surface area (Å²) in [5, 5.41) is 7.11. The van der Waals surface area contributed by atoms with Gasteiger partial charge in [0, 0.05) is 23.5 Å². The molecular weight excluding hydrogens is 381 g/mol. The van der Waals surface area contributed by atoms with Gasteiger partial charge in [-0.2, -0.15) is 0 Å². The van der Waals surface area contributed by atoms with Gasteiger partial charge in [-0.3, -0.25) is 19.9 Å². The van der Waals surface area contributed by atoms with Crippen LogP contribution in [0.3, 0.4) is 0 Å². The molecule has 2 heterocycles. The Morgan fingerprint density at radius 1 is 1.23 bits per heavy atom. The van der Waals surface area contributed by atoms with Gasteiger partial charge in [0.2, 0.25) is 5.91 Å². The molecule has 0 aliphatic rings. The lowest BCUT2D eigenvalue weighted by Gasteiger charge is -2.05. The third kappa shape index (κ3) is 4.58. The number of hydrogen-bond donors (Lipinski definition) is 2. The molecule has 1 aromatic carbocycles. The second kappa shape index (κ2) is 7.98. The van der Waals surface area contributed by atoms with Crippen molar-refractivity contribution in [2.45, 2.75) is 6.42 Å². The highest BCUT2D eigenvalue weighted by Gasteiger charge is 2.12. The van der Waals surface area contributed by atoms with Crippen LogP contribution in [0.5, 0.6) is 0 Å². The number of hydrogen-bond acceptors (Lipinski definition) is 6. The summed E-state index contributed by atoms with van der Waals surface area (Å²) in [6.45, 7) is 0. The molecule has 0 aliphatic heterocycles. The van der Waals surface area contributed by atoms with Crippen LogP contribution in [-0.2, 0) is 11.2 Å². The topological polar surface area (TPSA) is 96.9 Å². The number of rotatable bonds is 5. The normalized spacial score (nSPS) is 10.4. The average molecular weight is 392 g/mol. The number of benzene rings is 1. The van der Waals surface area contributed by atoms with Crippen molar-refractivity contribution in [1.29, 1.82) is 0 Å². The van der Waals surface area contributed by atoms with E-state index in [0.717, 1.165) is 0 Å². The number of nitrogens with one attached hydrogen (secondary N) is 2. The second-order valence-electron chi connectivity index (χ2n) is 5.04. The zero-order valence-electron chi connectivity index (χ0n) is 13.1. The molecule has 7 nitrogen and oxygen atoms in total. The number of amides is 2. The van der Waals surface area contributed by atoms with Crippen molar-refractivity contribution in [3.8, 4) is 0 Å². The molecule has 0 spiro atoms. The standard InChI is InChI=1S/C16H11ClFN5O2S/c17-11-5-9(1-2-12(11)18)21-14(24)6-10-8-26-16(22-10)23-15(25)13-7-19-3-4-20-13/h1-5,7-8H,6H2,(H,21,24)(H,22,23,25). The lowest BCUT2D eigenvalue weighted by Crippen LogP contribution is -2.15. The number of anilines is 2. The third-order valence-corrected chi connectivity index (χ3v) is 4.21. The van der Waals surface area contributed by atoms with Gasteiger partial charge in [0.25, 0.3) is 5.91 Å². The van der Waals surface area contributed by atoms with Crippen molar-refractivity contribution in [1.82, 2.24) is 15.0 Å². The van der Waals surface area contributed by atoms with Crippen molar-refractivity contribution in [2.24, 2.45) is 0 Å². The maximum atomic E-state index is 13.1. The summed E-state index contributed by atoms with van der Waals surface area (Å²) in [5.41, 5.74) is 1.03. The van der Waals surface area contributed by atoms with Crippen molar-refractivity contribution in [3.05, 3.63) is 64.4 Å². The fourth-order valence-electron chi connectivity index (χ4n) is 1.97. The Morgan fingerprint density at radius 2 is 2.08 bits per heavy atom. The molecule has 3 rings (SSSR count). The minimum absolute atomic E-state index is 0.00743. The molecule has 0 saturated heterocycles. The molecule has 0 bridgehead atoms. The van der Waals surface area contributed by atoms with Gasteiger partial charge >= 0.3 is 0 Å². The van der Waals surface area contributed by atoms with Gasteiger partial charge in [-0.1, -0.05) is 11.6 Å². The highest BCUT2D eigenvalue weighted by Crippen LogP contribution is 2.20. The maximum Gasteiger partial charge on any atom is 0.277 e. The van der Waals surface area contributed by atoms with Gasteiger partial charge in [0.05, 0.1) is 23.3 Å². The predicted octanol–water partition coefficient (Wildman–Crippen LogP) is 3.16. The fourth-order valence-corrected chi connectivity index (χ4v) is 2.85. The Kier molecular flexibility index (Phi) is 5.49. The van der Waals surface area contributed by atoms with Gasteiger partial charge in [0.1, 0.15) is 11.5 Å². The van der Waals surface area contributed by atoms with Crippen LogP contribution in [0.25, 0.3) is 0 Å². The van der Waals surface area contributed by atoms with Gasteiger partial charge in [-0.25, -0.2) is 14.4 Å². The summed E-state index contributed by atoms with van der Waals surface area (Å²) in [6.07, 6.45) is 4.21. The molecule has 0 saturated carbocycles. The molecule has 0 aliphatic carbocycles. The Morgan fingerprint density at radius 3 is 2.81 bits per heavy atom. The van der Waals surface area contributed by atoms with E-state index in [4.69, 9.17) is 11.6 Å². The molecule has 2 amide bonds. The van der Waals surface area contributed by atoms with E-state index in [1.165, 1.54) is 48.1 Å². The SMILES string of the molecule is O=C(Cc1csc(NC(=O)c2cnccn2)n1)Nc1ccc(F)c(Cl)c1. The number of halogens is 2. The van der Waals surface area contributed by atoms with E-state index in [2.05, 4.69) is 25.6 Å². The fraction of sp³-hybridized carbons (Fsp3) is 0.0625. The molecule has 0 radical (unpaired) electrons. The first kappa shape index (κ1) is 17.9. The molecule has 0 unspecified atom stereocenters. The highest BCUT2D eigenvalue weighted by atomic mass is 35.5. The van der Waals surface area contributed by atoms with E-state index in [9.17, 15) is 14.0 Å². The van der Waals surface area contributed by atoms with Crippen LogP contribution in [0.15, 0.2) is 42.2 Å². The molecule has 26 heavy (non-hydrogen) atoms. The quantitative estimate of drug-likeness (QED) is 0.696. The summed E-state index contributed by atoms with van der Waals surface area (Å²) in [6, 6.07) is 3.90. The zero-order valence-corrected chi connectivity index (χ0v) is 14.6. The molecule has 2 aromatic heterocycles. The minimum Gasteiger partial charge on any atom is -0.326 e. The van der Waals surface area contributed by atoms with E-state index < -0.39 is 11.7 Å². The molecule has 3 aromatic rings. The van der Waals surface area contributed by atoms with E-state index >= 15 is 0 Å². The summed E-state index contributed by atoms with van der Waals surface area (Å²) >= 11 is 6.86. The monoisotopic (exact) mass is 391 g/mol. The molecular formula is C16H11ClFN5O2S. The van der Waals surface area contributed by atoms with Crippen LogP contribution < -0.4 is 10.6 Å². The summed E-state index contributed by atoms with van der Waals surface area (Å²) in [7, 11) is 0. The molecule has 0 atom stereocenters. The number of thiazole rings is 1. The van der Waals surface area contributed by atoms with Crippen molar-refractivity contribution in [2.75, 3.05) is 10.6 Å². The zero-order chi connectivity index (χ0) is 18.5. The lowest BCUT2D eigenvalue weighted by molar-refractivity contribution is -0.115. The van der Waals surface area contributed by atoms with Crippen LogP contribution in [0, 0.1) is 5.82 Å². The lowest BCUT2D eigenvalue weighted by atomic mass is 10.2. The van der Waals surface area contributed by atoms with Gasteiger partial charge in [0.15, 0.2) is 5.13 Å². The van der Waals surface area contributed by atoms with Crippen molar-refractivity contribution in [3.63, 3.8) is 0 Å². The van der Waals surface area contributed by atoms with Crippen molar-refractivity contribution >= 4 is 45.6 Å². The van der Waals surface area contributed by atoms with Gasteiger partial charge < -0.3 is 5.32 Å². The van der Waals surface area contributed by atoms with Crippen molar-refractivity contribution < 1.29 is 14.0 Å². The van der Waals surface area contributed by atoms with Crippen LogP contribution in [0.4, 0.5) is 15.2 Å². The Hall–Kier alpha value is -2.91. The van der Waals surface area contributed by atoms with E-state index in [1.54, 1.807) is 5.38 Å². The smallest absolute Gasteiger partial charge is 0.277 e. The average Bonchev–Trinajstić information content (AvgIpc) is 3.05.